The lowest BCUT2D eigenvalue weighted by molar-refractivity contribution is -0.385. The van der Waals surface area contributed by atoms with Crippen molar-refractivity contribution in [1.29, 1.82) is 0 Å². The van der Waals surface area contributed by atoms with E-state index >= 15 is 0 Å². The Bertz CT molecular complexity index is 758. The molecular formula is C20H27N3O5. The highest BCUT2D eigenvalue weighted by Crippen LogP contribution is 2.58. The van der Waals surface area contributed by atoms with Crippen molar-refractivity contribution in [2.45, 2.75) is 51.7 Å². The number of para-hydroxylation sites is 1. The van der Waals surface area contributed by atoms with Crippen LogP contribution in [-0.2, 0) is 14.3 Å². The Morgan fingerprint density at radius 2 is 2.00 bits per heavy atom. The number of hydrogen-bond acceptors (Lipinski definition) is 6. The molecule has 152 valence electrons. The van der Waals surface area contributed by atoms with Gasteiger partial charge in [-0.15, -0.1) is 0 Å². The first-order chi connectivity index (χ1) is 13.3. The summed E-state index contributed by atoms with van der Waals surface area (Å²) < 4.78 is 5.20. The average Bonchev–Trinajstić information content (AvgIpc) is 3.34. The molecule has 2 aliphatic rings. The van der Waals surface area contributed by atoms with Crippen molar-refractivity contribution in [3.05, 3.63) is 39.9 Å². The Morgan fingerprint density at radius 1 is 1.32 bits per heavy atom. The van der Waals surface area contributed by atoms with Crippen LogP contribution in [0.15, 0.2) is 24.3 Å². The van der Waals surface area contributed by atoms with Crippen LogP contribution in [0.2, 0.25) is 0 Å². The maximum absolute atomic E-state index is 12.9. The highest BCUT2D eigenvalue weighted by atomic mass is 16.6. The second kappa shape index (κ2) is 8.26. The van der Waals surface area contributed by atoms with E-state index in [4.69, 9.17) is 4.74 Å². The molecule has 1 aromatic rings. The smallest absolute Gasteiger partial charge is 0.308 e. The number of carbonyl (C=O) groups excluding carboxylic acids is 2. The molecule has 1 saturated heterocycles. The summed E-state index contributed by atoms with van der Waals surface area (Å²) in [5.74, 6) is -0.728. The van der Waals surface area contributed by atoms with Crippen LogP contribution in [0.25, 0.3) is 0 Å². The molecule has 0 radical (unpaired) electrons. The van der Waals surface area contributed by atoms with E-state index in [1.54, 1.807) is 32.0 Å². The van der Waals surface area contributed by atoms with Crippen LogP contribution in [-0.4, -0.2) is 36.0 Å². The normalized spacial score (nSPS) is 21.2. The molecule has 1 spiro atoms. The second-order valence-electron chi connectivity index (χ2n) is 7.99. The molecule has 8 nitrogen and oxygen atoms in total. The third-order valence-electron chi connectivity index (χ3n) is 5.67. The first kappa shape index (κ1) is 20.3. The summed E-state index contributed by atoms with van der Waals surface area (Å²) in [5, 5.41) is 17.6. The summed E-state index contributed by atoms with van der Waals surface area (Å²) in [5.41, 5.74) is 0.250. The summed E-state index contributed by atoms with van der Waals surface area (Å²) in [6.45, 7) is 5.28. The number of hydrogen-bond donors (Lipinski definition) is 2. The molecule has 0 aromatic heterocycles. The molecule has 2 unspecified atom stereocenters. The molecule has 1 aliphatic heterocycles. The number of nitrogens with zero attached hydrogens (tertiary/aromatic N) is 1. The van der Waals surface area contributed by atoms with Gasteiger partial charge in [0.25, 0.3) is 5.69 Å². The van der Waals surface area contributed by atoms with Gasteiger partial charge in [0.05, 0.1) is 29.1 Å². The zero-order chi connectivity index (χ0) is 20.3. The van der Waals surface area contributed by atoms with E-state index in [9.17, 15) is 19.7 Å². The number of amides is 1. The second-order valence-corrected chi connectivity index (χ2v) is 7.99. The molecule has 1 heterocycles. The SMILES string of the molecule is CC(C)OC(=O)CC(NC(=O)C1CC12CCNCC2)c1ccccc1[N+](=O)[O-]. The van der Waals surface area contributed by atoms with Crippen molar-refractivity contribution in [1.82, 2.24) is 10.6 Å². The van der Waals surface area contributed by atoms with Crippen LogP contribution in [0, 0.1) is 21.4 Å². The topological polar surface area (TPSA) is 111 Å². The maximum atomic E-state index is 12.9. The third-order valence-corrected chi connectivity index (χ3v) is 5.67. The zero-order valence-corrected chi connectivity index (χ0v) is 16.3. The van der Waals surface area contributed by atoms with Crippen LogP contribution >= 0.6 is 0 Å². The molecule has 0 bridgehead atoms. The molecule has 2 atom stereocenters. The van der Waals surface area contributed by atoms with E-state index in [2.05, 4.69) is 10.6 Å². The number of ether oxygens (including phenoxy) is 1. The number of nitro benzene ring substituents is 1. The molecule has 1 amide bonds. The van der Waals surface area contributed by atoms with Crippen LogP contribution < -0.4 is 10.6 Å². The fourth-order valence-corrected chi connectivity index (χ4v) is 4.13. The van der Waals surface area contributed by atoms with E-state index in [1.165, 1.54) is 6.07 Å². The van der Waals surface area contributed by atoms with Gasteiger partial charge in [-0.3, -0.25) is 19.7 Å². The largest absolute Gasteiger partial charge is 0.463 e. The van der Waals surface area contributed by atoms with Crippen molar-refractivity contribution in [3.8, 4) is 0 Å². The van der Waals surface area contributed by atoms with Crippen LogP contribution in [0.4, 0.5) is 5.69 Å². The lowest BCUT2D eigenvalue weighted by Gasteiger charge is -2.24. The quantitative estimate of drug-likeness (QED) is 0.421. The van der Waals surface area contributed by atoms with Gasteiger partial charge in [-0.25, -0.2) is 0 Å². The van der Waals surface area contributed by atoms with E-state index in [1.807, 2.05) is 0 Å². The lowest BCUT2D eigenvalue weighted by atomic mass is 9.91. The van der Waals surface area contributed by atoms with Gasteiger partial charge in [0.1, 0.15) is 0 Å². The van der Waals surface area contributed by atoms with E-state index in [-0.39, 0.29) is 35.5 Å². The number of carbonyl (C=O) groups is 2. The molecule has 2 N–H and O–H groups in total. The summed E-state index contributed by atoms with van der Waals surface area (Å²) >= 11 is 0. The number of rotatable bonds is 7. The molecule has 28 heavy (non-hydrogen) atoms. The molecule has 3 rings (SSSR count). The number of nitrogens with one attached hydrogen (secondary N) is 2. The minimum absolute atomic E-state index is 0.0426. The predicted molar refractivity (Wildman–Crippen MR) is 102 cm³/mol. The van der Waals surface area contributed by atoms with Gasteiger partial charge in [0.15, 0.2) is 0 Å². The first-order valence-corrected chi connectivity index (χ1v) is 9.76. The standard InChI is InChI=1S/C20H27N3O5/c1-13(2)28-18(24)11-16(14-5-3-4-6-17(14)23(26)27)22-19(25)15-12-20(15)7-9-21-10-8-20/h3-6,13,15-16,21H,7-12H2,1-2H3,(H,22,25). The zero-order valence-electron chi connectivity index (χ0n) is 16.3. The summed E-state index contributed by atoms with van der Waals surface area (Å²) in [6, 6.07) is 5.41. The third kappa shape index (κ3) is 4.49. The summed E-state index contributed by atoms with van der Waals surface area (Å²) in [6.07, 6.45) is 2.31. The van der Waals surface area contributed by atoms with Crippen LogP contribution in [0.3, 0.4) is 0 Å². The summed E-state index contributed by atoms with van der Waals surface area (Å²) in [4.78, 5) is 36.1. The first-order valence-electron chi connectivity index (χ1n) is 9.76. The van der Waals surface area contributed by atoms with Gasteiger partial charge in [0.2, 0.25) is 5.91 Å². The van der Waals surface area contributed by atoms with Crippen LogP contribution in [0.5, 0.6) is 0 Å². The lowest BCUT2D eigenvalue weighted by Crippen LogP contribution is -2.36. The molecule has 1 aromatic carbocycles. The van der Waals surface area contributed by atoms with Gasteiger partial charge >= 0.3 is 5.97 Å². The average molecular weight is 389 g/mol. The molecular weight excluding hydrogens is 362 g/mol. The van der Waals surface area contributed by atoms with Crippen molar-refractivity contribution in [2.75, 3.05) is 13.1 Å². The number of piperidine rings is 1. The van der Waals surface area contributed by atoms with Crippen LogP contribution in [0.1, 0.15) is 51.1 Å². The van der Waals surface area contributed by atoms with Gasteiger partial charge in [-0.1, -0.05) is 18.2 Å². The Labute approximate surface area is 164 Å². The maximum Gasteiger partial charge on any atom is 0.308 e. The number of benzene rings is 1. The van der Waals surface area contributed by atoms with Gasteiger partial charge in [-0.2, -0.15) is 0 Å². The molecule has 2 fully saturated rings. The minimum Gasteiger partial charge on any atom is -0.463 e. The number of esters is 1. The Balaban J connectivity index is 1.78. The van der Waals surface area contributed by atoms with Gasteiger partial charge in [0, 0.05) is 12.0 Å². The van der Waals surface area contributed by atoms with Crippen molar-refractivity contribution in [3.63, 3.8) is 0 Å². The van der Waals surface area contributed by atoms with E-state index in [0.29, 0.717) is 5.56 Å². The minimum atomic E-state index is -0.792. The summed E-state index contributed by atoms with van der Waals surface area (Å²) in [7, 11) is 0. The highest BCUT2D eigenvalue weighted by molar-refractivity contribution is 5.84. The van der Waals surface area contributed by atoms with Crippen molar-refractivity contribution < 1.29 is 19.2 Å². The Hall–Kier alpha value is -2.48. The van der Waals surface area contributed by atoms with Crippen molar-refractivity contribution in [2.24, 2.45) is 11.3 Å². The molecule has 1 aliphatic carbocycles. The Kier molecular flexibility index (Phi) is 5.98. The molecule has 1 saturated carbocycles. The van der Waals surface area contributed by atoms with E-state index in [0.717, 1.165) is 32.4 Å². The number of nitro groups is 1. The fraction of sp³-hybridized carbons (Fsp3) is 0.600. The predicted octanol–water partition coefficient (Wildman–Crippen LogP) is 2.48. The Morgan fingerprint density at radius 3 is 2.64 bits per heavy atom. The monoisotopic (exact) mass is 389 g/mol. The molecule has 8 heteroatoms. The van der Waals surface area contributed by atoms with Gasteiger partial charge < -0.3 is 15.4 Å². The van der Waals surface area contributed by atoms with Crippen molar-refractivity contribution >= 4 is 17.6 Å². The van der Waals surface area contributed by atoms with E-state index < -0.39 is 16.9 Å². The fourth-order valence-electron chi connectivity index (χ4n) is 4.13. The highest BCUT2D eigenvalue weighted by Gasteiger charge is 2.57. The van der Waals surface area contributed by atoms with Gasteiger partial charge in [-0.05, 0) is 51.6 Å².